The fourth-order valence-electron chi connectivity index (χ4n) is 6.08. The van der Waals surface area contributed by atoms with E-state index in [0.717, 1.165) is 6.42 Å². The van der Waals surface area contributed by atoms with Gasteiger partial charge >= 0.3 is 5.97 Å². The van der Waals surface area contributed by atoms with E-state index in [9.17, 15) is 19.2 Å². The second kappa shape index (κ2) is 7.65. The number of carbonyl (C=O) groups is 4. The average molecular weight is 456 g/mol. The first kappa shape index (κ1) is 20.8. The van der Waals surface area contributed by atoms with Crippen molar-refractivity contribution in [3.05, 3.63) is 71.8 Å². The fraction of sp³-hybridized carbons (Fsp3) is 0.333. The number of hydrogen-bond acceptors (Lipinski definition) is 5. The Hall–Kier alpha value is -3.74. The second-order valence-corrected chi connectivity index (χ2v) is 9.47. The highest BCUT2D eigenvalue weighted by Gasteiger charge is 2.67. The molecule has 2 saturated carbocycles. The maximum Gasteiger partial charge on any atom is 0.338 e. The lowest BCUT2D eigenvalue weighted by molar-refractivity contribution is -0.124. The highest BCUT2D eigenvalue weighted by Crippen LogP contribution is 2.65. The molecule has 0 spiro atoms. The zero-order valence-corrected chi connectivity index (χ0v) is 18.6. The minimum Gasteiger partial charge on any atom is -0.462 e. The summed E-state index contributed by atoms with van der Waals surface area (Å²) in [5.41, 5.74) is 1.86. The number of nitrogens with one attached hydrogen (secondary N) is 1. The molecule has 1 N–H and O–H groups in total. The minimum absolute atomic E-state index is 0.112. The van der Waals surface area contributed by atoms with Gasteiger partial charge in [-0.15, -0.1) is 0 Å². The molecule has 34 heavy (non-hydrogen) atoms. The summed E-state index contributed by atoms with van der Waals surface area (Å²) in [5, 5.41) is 2.79. The van der Waals surface area contributed by atoms with E-state index in [0.29, 0.717) is 40.9 Å². The summed E-state index contributed by atoms with van der Waals surface area (Å²) >= 11 is 0. The molecule has 7 nitrogen and oxygen atoms in total. The summed E-state index contributed by atoms with van der Waals surface area (Å²) in [5.74, 6) is 0.0307. The molecule has 1 aliphatic heterocycles. The Kier molecular flexibility index (Phi) is 4.69. The molecule has 2 aromatic carbocycles. The van der Waals surface area contributed by atoms with Crippen molar-refractivity contribution in [3.63, 3.8) is 0 Å². The zero-order chi connectivity index (χ0) is 23.6. The molecule has 2 aromatic rings. The Morgan fingerprint density at radius 2 is 1.44 bits per heavy atom. The minimum atomic E-state index is -0.414. The number of imide groups is 1. The van der Waals surface area contributed by atoms with Crippen LogP contribution >= 0.6 is 0 Å². The summed E-state index contributed by atoms with van der Waals surface area (Å²) in [6.45, 7) is 2.03. The molecular formula is C27H24N2O5. The van der Waals surface area contributed by atoms with E-state index in [1.165, 1.54) is 4.90 Å². The van der Waals surface area contributed by atoms with Crippen molar-refractivity contribution in [3.8, 4) is 0 Å². The molecule has 4 aliphatic carbocycles. The predicted octanol–water partition coefficient (Wildman–Crippen LogP) is 3.67. The second-order valence-electron chi connectivity index (χ2n) is 9.47. The number of anilines is 2. The molecule has 0 aromatic heterocycles. The maximum absolute atomic E-state index is 13.2. The number of amides is 3. The number of esters is 1. The molecule has 0 unspecified atom stereocenters. The third-order valence-corrected chi connectivity index (χ3v) is 7.70. The molecule has 0 radical (unpaired) electrons. The van der Waals surface area contributed by atoms with Gasteiger partial charge in [0.05, 0.1) is 29.7 Å². The van der Waals surface area contributed by atoms with Crippen molar-refractivity contribution in [2.75, 3.05) is 16.8 Å². The Balaban J connectivity index is 1.16. The van der Waals surface area contributed by atoms with Gasteiger partial charge in [-0.05, 0) is 85.5 Å². The summed E-state index contributed by atoms with van der Waals surface area (Å²) in [6, 6.07) is 13.0. The number of ether oxygens (including phenoxy) is 1. The fourth-order valence-corrected chi connectivity index (χ4v) is 6.08. The molecule has 172 valence electrons. The molecule has 7 heteroatoms. The normalized spacial score (nSPS) is 30.1. The molecule has 5 aliphatic rings. The van der Waals surface area contributed by atoms with Gasteiger partial charge in [-0.25, -0.2) is 4.79 Å². The average Bonchev–Trinajstić information content (AvgIpc) is 3.63. The van der Waals surface area contributed by atoms with Crippen LogP contribution in [0.2, 0.25) is 0 Å². The molecule has 6 atom stereocenters. The van der Waals surface area contributed by atoms with Crippen LogP contribution in [0.3, 0.4) is 0 Å². The van der Waals surface area contributed by atoms with Crippen molar-refractivity contribution >= 4 is 35.1 Å². The van der Waals surface area contributed by atoms with Crippen LogP contribution in [-0.4, -0.2) is 30.3 Å². The van der Waals surface area contributed by atoms with Crippen LogP contribution in [-0.2, 0) is 14.3 Å². The first-order valence-corrected chi connectivity index (χ1v) is 11.7. The van der Waals surface area contributed by atoms with Gasteiger partial charge in [0, 0.05) is 11.3 Å². The van der Waals surface area contributed by atoms with Crippen LogP contribution in [0.5, 0.6) is 0 Å². The molecule has 7 rings (SSSR count). The molecule has 1 heterocycles. The highest BCUT2D eigenvalue weighted by atomic mass is 16.5. The maximum atomic E-state index is 13.2. The van der Waals surface area contributed by atoms with E-state index in [2.05, 4.69) is 17.5 Å². The van der Waals surface area contributed by atoms with E-state index in [-0.39, 0.29) is 41.4 Å². The van der Waals surface area contributed by atoms with Crippen LogP contribution in [0.25, 0.3) is 0 Å². The number of benzene rings is 2. The van der Waals surface area contributed by atoms with Gasteiger partial charge in [0.1, 0.15) is 0 Å². The number of allylic oxidation sites excluding steroid dienone is 2. The molecule has 3 fully saturated rings. The van der Waals surface area contributed by atoms with Gasteiger partial charge < -0.3 is 10.1 Å². The smallest absolute Gasteiger partial charge is 0.338 e. The Labute approximate surface area is 196 Å². The van der Waals surface area contributed by atoms with Gasteiger partial charge in [-0.3, -0.25) is 19.3 Å². The summed E-state index contributed by atoms with van der Waals surface area (Å²) in [6.07, 6.45) is 5.44. The van der Waals surface area contributed by atoms with E-state index in [1.54, 1.807) is 55.5 Å². The number of hydrogen-bond donors (Lipinski definition) is 1. The van der Waals surface area contributed by atoms with Gasteiger partial charge in [-0.2, -0.15) is 0 Å². The van der Waals surface area contributed by atoms with E-state index in [1.807, 2.05) is 0 Å². The van der Waals surface area contributed by atoms with Crippen LogP contribution in [0, 0.1) is 35.5 Å². The molecule has 2 bridgehead atoms. The lowest BCUT2D eigenvalue weighted by Gasteiger charge is -2.37. The first-order valence-electron chi connectivity index (χ1n) is 11.7. The quantitative estimate of drug-likeness (QED) is 0.421. The van der Waals surface area contributed by atoms with Gasteiger partial charge in [0.25, 0.3) is 5.91 Å². The van der Waals surface area contributed by atoms with Crippen LogP contribution < -0.4 is 10.2 Å². The third kappa shape index (κ3) is 3.10. The van der Waals surface area contributed by atoms with Crippen molar-refractivity contribution in [2.24, 2.45) is 35.5 Å². The Bertz CT molecular complexity index is 1200. The molecular weight excluding hydrogens is 432 g/mol. The predicted molar refractivity (Wildman–Crippen MR) is 124 cm³/mol. The summed E-state index contributed by atoms with van der Waals surface area (Å²) in [7, 11) is 0. The number of rotatable bonds is 5. The van der Waals surface area contributed by atoms with E-state index < -0.39 is 5.97 Å². The van der Waals surface area contributed by atoms with Crippen LogP contribution in [0.1, 0.15) is 34.1 Å². The Morgan fingerprint density at radius 1 is 0.882 bits per heavy atom. The van der Waals surface area contributed by atoms with Crippen molar-refractivity contribution in [2.45, 2.75) is 13.3 Å². The van der Waals surface area contributed by atoms with Crippen molar-refractivity contribution in [1.29, 1.82) is 0 Å². The standard InChI is InChI=1S/C27H24N2O5/c1-2-34-27(33)15-3-7-16(8-4-15)28-24(30)14-5-9-17(10-6-14)29-25(31)22-18-11-12-19(21-13-20(18)21)23(22)26(29)32/h3-12,18-23H,2,13H2,1H3,(H,28,30)/t18-,19-,20-,21-,22+,23+/m1/s1. The van der Waals surface area contributed by atoms with Crippen molar-refractivity contribution < 1.29 is 23.9 Å². The number of nitrogens with zero attached hydrogens (tertiary/aromatic N) is 1. The Morgan fingerprint density at radius 3 is 2.00 bits per heavy atom. The van der Waals surface area contributed by atoms with E-state index in [4.69, 9.17) is 4.74 Å². The summed E-state index contributed by atoms with van der Waals surface area (Å²) < 4.78 is 4.96. The summed E-state index contributed by atoms with van der Waals surface area (Å²) in [4.78, 5) is 52.2. The third-order valence-electron chi connectivity index (χ3n) is 7.70. The number of carbonyl (C=O) groups excluding carboxylic acids is 4. The first-order chi connectivity index (χ1) is 16.5. The molecule has 1 saturated heterocycles. The highest BCUT2D eigenvalue weighted by molar-refractivity contribution is 6.22. The van der Waals surface area contributed by atoms with E-state index >= 15 is 0 Å². The lowest BCUT2D eigenvalue weighted by Crippen LogP contribution is -2.40. The SMILES string of the molecule is CCOC(=O)c1ccc(NC(=O)c2ccc(N3C(=O)[C@H]4[C@@H]5C=C[C@H]([C@H]6C[C@H]56)[C@@H]4C3=O)cc2)cc1. The molecule has 3 amide bonds. The zero-order valence-electron chi connectivity index (χ0n) is 18.6. The van der Waals surface area contributed by atoms with Gasteiger partial charge in [0.2, 0.25) is 11.8 Å². The largest absolute Gasteiger partial charge is 0.462 e. The topological polar surface area (TPSA) is 92.8 Å². The monoisotopic (exact) mass is 456 g/mol. The van der Waals surface area contributed by atoms with Crippen LogP contribution in [0.4, 0.5) is 11.4 Å². The van der Waals surface area contributed by atoms with Gasteiger partial charge in [0.15, 0.2) is 0 Å². The van der Waals surface area contributed by atoms with Gasteiger partial charge in [-0.1, -0.05) is 12.2 Å². The van der Waals surface area contributed by atoms with Crippen molar-refractivity contribution in [1.82, 2.24) is 0 Å². The lowest BCUT2D eigenvalue weighted by atomic mass is 9.63. The van der Waals surface area contributed by atoms with Crippen LogP contribution in [0.15, 0.2) is 60.7 Å².